The van der Waals surface area contributed by atoms with Gasteiger partial charge >= 0.3 is 0 Å². The van der Waals surface area contributed by atoms with Crippen LogP contribution in [0.5, 0.6) is 0 Å². The molecule has 0 heterocycles. The molecular formula is C7H17NO. The molecule has 0 aromatic rings. The number of hydroxylamine groups is 2. The van der Waals surface area contributed by atoms with Crippen molar-refractivity contribution in [2.75, 3.05) is 14.1 Å². The predicted octanol–water partition coefficient (Wildman–Crippen LogP) is 1.67. The third kappa shape index (κ3) is 4.43. The predicted molar refractivity (Wildman–Crippen MR) is 39.1 cm³/mol. The second kappa shape index (κ2) is 4.77. The molecule has 2 heteroatoms. The van der Waals surface area contributed by atoms with E-state index in [0.29, 0.717) is 6.10 Å². The van der Waals surface area contributed by atoms with E-state index in [9.17, 15) is 0 Å². The van der Waals surface area contributed by atoms with Crippen molar-refractivity contribution in [1.82, 2.24) is 5.06 Å². The van der Waals surface area contributed by atoms with Crippen LogP contribution in [0.15, 0.2) is 0 Å². The first kappa shape index (κ1) is 8.92. The van der Waals surface area contributed by atoms with Crippen molar-refractivity contribution in [2.45, 2.75) is 32.8 Å². The third-order valence-electron chi connectivity index (χ3n) is 1.27. The lowest BCUT2D eigenvalue weighted by Gasteiger charge is -2.17. The van der Waals surface area contributed by atoms with Crippen LogP contribution in [-0.4, -0.2) is 25.3 Å². The summed E-state index contributed by atoms with van der Waals surface area (Å²) in [6.45, 7) is 4.27. The summed E-state index contributed by atoms with van der Waals surface area (Å²) in [5, 5.41) is 1.76. The molecular weight excluding hydrogens is 114 g/mol. The summed E-state index contributed by atoms with van der Waals surface area (Å²) in [4.78, 5) is 5.38. The summed E-state index contributed by atoms with van der Waals surface area (Å²) < 4.78 is 0. The van der Waals surface area contributed by atoms with E-state index >= 15 is 0 Å². The summed E-state index contributed by atoms with van der Waals surface area (Å²) in [7, 11) is 3.83. The molecule has 0 aromatic carbocycles. The van der Waals surface area contributed by atoms with Crippen molar-refractivity contribution in [3.8, 4) is 0 Å². The van der Waals surface area contributed by atoms with Crippen molar-refractivity contribution in [2.24, 2.45) is 0 Å². The molecule has 2 nitrogen and oxygen atoms in total. The molecule has 0 amide bonds. The van der Waals surface area contributed by atoms with Gasteiger partial charge in [-0.2, -0.15) is 5.06 Å². The quantitative estimate of drug-likeness (QED) is 0.538. The lowest BCUT2D eigenvalue weighted by atomic mass is 10.2. The molecule has 0 aliphatic heterocycles. The van der Waals surface area contributed by atoms with E-state index in [1.807, 2.05) is 14.1 Å². The van der Waals surface area contributed by atoms with Crippen LogP contribution < -0.4 is 0 Å². The largest absolute Gasteiger partial charge is 0.296 e. The second-order valence-electron chi connectivity index (χ2n) is 2.36. The molecule has 56 valence electrons. The second-order valence-corrected chi connectivity index (χ2v) is 2.36. The summed E-state index contributed by atoms with van der Waals surface area (Å²) in [6.07, 6.45) is 2.59. The lowest BCUT2D eigenvalue weighted by Crippen LogP contribution is -2.21. The molecule has 0 saturated carbocycles. The average Bonchev–Trinajstić information content (AvgIpc) is 1.82. The molecule has 0 atom stereocenters. The van der Waals surface area contributed by atoms with Crippen LogP contribution in [0.25, 0.3) is 0 Å². The summed E-state index contributed by atoms with van der Waals surface area (Å²) in [6, 6.07) is 0. The van der Waals surface area contributed by atoms with E-state index in [1.165, 1.54) is 0 Å². The standard InChI is InChI=1S/C7H17NO/c1-5-7(6-2)9-8(3)4/h7H,5-6H2,1-4H3. The van der Waals surface area contributed by atoms with Gasteiger partial charge in [-0.25, -0.2) is 0 Å². The number of hydrogen-bond acceptors (Lipinski definition) is 2. The van der Waals surface area contributed by atoms with E-state index in [4.69, 9.17) is 4.84 Å². The molecule has 0 aliphatic rings. The Hall–Kier alpha value is -0.0800. The Morgan fingerprint density at radius 3 is 1.78 bits per heavy atom. The maximum absolute atomic E-state index is 5.38. The highest BCUT2D eigenvalue weighted by Gasteiger charge is 2.03. The zero-order valence-corrected chi connectivity index (χ0v) is 6.85. The van der Waals surface area contributed by atoms with E-state index in [-0.39, 0.29) is 0 Å². The van der Waals surface area contributed by atoms with Gasteiger partial charge in [0.05, 0.1) is 6.10 Å². The normalized spacial score (nSPS) is 11.3. The van der Waals surface area contributed by atoms with Gasteiger partial charge < -0.3 is 0 Å². The fraction of sp³-hybridized carbons (Fsp3) is 1.00. The highest BCUT2D eigenvalue weighted by Crippen LogP contribution is 2.02. The molecule has 0 bridgehead atoms. The first-order valence-electron chi connectivity index (χ1n) is 3.54. The zero-order valence-electron chi connectivity index (χ0n) is 6.85. The fourth-order valence-corrected chi connectivity index (χ4v) is 0.736. The van der Waals surface area contributed by atoms with Crippen LogP contribution in [0, 0.1) is 0 Å². The van der Waals surface area contributed by atoms with Crippen molar-refractivity contribution in [3.63, 3.8) is 0 Å². The minimum absolute atomic E-state index is 0.403. The Morgan fingerprint density at radius 2 is 1.67 bits per heavy atom. The Labute approximate surface area is 57.8 Å². The van der Waals surface area contributed by atoms with Crippen LogP contribution >= 0.6 is 0 Å². The first-order valence-corrected chi connectivity index (χ1v) is 3.54. The van der Waals surface area contributed by atoms with Crippen molar-refractivity contribution < 1.29 is 4.84 Å². The van der Waals surface area contributed by atoms with Gasteiger partial charge in [0, 0.05) is 14.1 Å². The Kier molecular flexibility index (Phi) is 4.72. The molecule has 0 spiro atoms. The topological polar surface area (TPSA) is 12.5 Å². The molecule has 0 aliphatic carbocycles. The van der Waals surface area contributed by atoms with Crippen LogP contribution in [0.2, 0.25) is 0 Å². The average molecular weight is 131 g/mol. The van der Waals surface area contributed by atoms with Gasteiger partial charge in [-0.1, -0.05) is 13.8 Å². The van der Waals surface area contributed by atoms with Gasteiger partial charge in [0.25, 0.3) is 0 Å². The maximum Gasteiger partial charge on any atom is 0.0787 e. The minimum Gasteiger partial charge on any atom is -0.296 e. The van der Waals surface area contributed by atoms with E-state index in [1.54, 1.807) is 5.06 Å². The monoisotopic (exact) mass is 131 g/mol. The molecule has 9 heavy (non-hydrogen) atoms. The molecule has 0 fully saturated rings. The molecule has 0 rings (SSSR count). The van der Waals surface area contributed by atoms with Crippen molar-refractivity contribution in [3.05, 3.63) is 0 Å². The number of hydrogen-bond donors (Lipinski definition) is 0. The van der Waals surface area contributed by atoms with E-state index in [0.717, 1.165) is 12.8 Å². The van der Waals surface area contributed by atoms with Gasteiger partial charge in [0.2, 0.25) is 0 Å². The third-order valence-corrected chi connectivity index (χ3v) is 1.27. The van der Waals surface area contributed by atoms with Gasteiger partial charge in [-0.15, -0.1) is 0 Å². The molecule has 0 radical (unpaired) electrons. The van der Waals surface area contributed by atoms with Crippen LogP contribution in [-0.2, 0) is 4.84 Å². The van der Waals surface area contributed by atoms with E-state index in [2.05, 4.69) is 13.8 Å². The zero-order chi connectivity index (χ0) is 7.28. The molecule has 0 aromatic heterocycles. The summed E-state index contributed by atoms with van der Waals surface area (Å²) >= 11 is 0. The SMILES string of the molecule is CCC(CC)ON(C)C. The molecule has 0 N–H and O–H groups in total. The Bertz CT molecular complexity index is 59.9. The highest BCUT2D eigenvalue weighted by atomic mass is 16.7. The summed E-state index contributed by atoms with van der Waals surface area (Å²) in [5.74, 6) is 0. The van der Waals surface area contributed by atoms with Gasteiger partial charge in [-0.3, -0.25) is 4.84 Å². The minimum atomic E-state index is 0.403. The number of nitrogens with zero attached hydrogens (tertiary/aromatic N) is 1. The van der Waals surface area contributed by atoms with Gasteiger partial charge in [0.1, 0.15) is 0 Å². The van der Waals surface area contributed by atoms with Gasteiger partial charge in [0.15, 0.2) is 0 Å². The molecule has 0 unspecified atom stereocenters. The van der Waals surface area contributed by atoms with Crippen LogP contribution in [0.3, 0.4) is 0 Å². The first-order chi connectivity index (χ1) is 4.20. The summed E-state index contributed by atoms with van der Waals surface area (Å²) in [5.41, 5.74) is 0. The lowest BCUT2D eigenvalue weighted by molar-refractivity contribution is -0.165. The Morgan fingerprint density at radius 1 is 1.22 bits per heavy atom. The number of rotatable bonds is 4. The highest BCUT2D eigenvalue weighted by molar-refractivity contribution is 4.47. The Balaban J connectivity index is 3.31. The van der Waals surface area contributed by atoms with Crippen LogP contribution in [0.1, 0.15) is 26.7 Å². The van der Waals surface area contributed by atoms with Crippen molar-refractivity contribution >= 4 is 0 Å². The maximum atomic E-state index is 5.38. The van der Waals surface area contributed by atoms with Gasteiger partial charge in [-0.05, 0) is 12.8 Å². The van der Waals surface area contributed by atoms with Crippen LogP contribution in [0.4, 0.5) is 0 Å². The van der Waals surface area contributed by atoms with Crippen molar-refractivity contribution in [1.29, 1.82) is 0 Å². The fourth-order valence-electron chi connectivity index (χ4n) is 0.736. The van der Waals surface area contributed by atoms with E-state index < -0.39 is 0 Å². The smallest absolute Gasteiger partial charge is 0.0787 e. The molecule has 0 saturated heterocycles.